The Balaban J connectivity index is 1.61. The molecule has 0 spiro atoms. The first kappa shape index (κ1) is 21.1. The molecule has 0 aliphatic rings. The van der Waals surface area contributed by atoms with Crippen LogP contribution >= 0.6 is 0 Å². The van der Waals surface area contributed by atoms with Gasteiger partial charge in [0, 0.05) is 31.3 Å². The highest BCUT2D eigenvalue weighted by atomic mass is 16.4. The molecule has 9 nitrogen and oxygen atoms in total. The fraction of sp³-hybridized carbons (Fsp3) is 0.333. The summed E-state index contributed by atoms with van der Waals surface area (Å²) in [5.74, 6) is -0.697. The number of nitrogens with one attached hydrogen (secondary N) is 4. The molecule has 0 radical (unpaired) electrons. The monoisotopic (exact) mass is 411 g/mol. The third kappa shape index (κ3) is 5.05. The molecule has 158 valence electrons. The highest BCUT2D eigenvalue weighted by Crippen LogP contribution is 2.16. The fourth-order valence-electron chi connectivity index (χ4n) is 3.24. The Morgan fingerprint density at radius 3 is 2.60 bits per heavy atom. The van der Waals surface area contributed by atoms with Gasteiger partial charge in [0.1, 0.15) is 5.65 Å². The molecule has 0 unspecified atom stereocenters. The number of carbonyl (C=O) groups is 2. The number of hydrogen-bond donors (Lipinski definition) is 5. The first-order chi connectivity index (χ1) is 14.4. The first-order valence-electron chi connectivity index (χ1n) is 9.77. The average molecular weight is 411 g/mol. The SMILES string of the molecule is CNc1nc2[nH]cc(CCc3ccc(C(=O)N[C@H](C)CCC(=O)O)cc3)c2c(=O)[nH]1. The van der Waals surface area contributed by atoms with Crippen LogP contribution in [0.4, 0.5) is 5.95 Å². The number of nitrogens with zero attached hydrogens (tertiary/aromatic N) is 1. The maximum absolute atomic E-state index is 12.3. The minimum absolute atomic E-state index is 0.0167. The fourth-order valence-corrected chi connectivity index (χ4v) is 3.24. The molecule has 0 saturated carbocycles. The van der Waals surface area contributed by atoms with E-state index in [9.17, 15) is 14.4 Å². The van der Waals surface area contributed by atoms with E-state index in [1.54, 1.807) is 32.3 Å². The van der Waals surface area contributed by atoms with Gasteiger partial charge in [-0.15, -0.1) is 0 Å². The topological polar surface area (TPSA) is 140 Å². The number of H-pyrrole nitrogens is 2. The van der Waals surface area contributed by atoms with Crippen LogP contribution in [0.15, 0.2) is 35.3 Å². The van der Waals surface area contributed by atoms with E-state index >= 15 is 0 Å². The van der Waals surface area contributed by atoms with E-state index in [1.165, 1.54) is 0 Å². The molecule has 0 saturated heterocycles. The van der Waals surface area contributed by atoms with E-state index in [2.05, 4.69) is 25.6 Å². The largest absolute Gasteiger partial charge is 0.481 e. The van der Waals surface area contributed by atoms with Crippen molar-refractivity contribution in [1.82, 2.24) is 20.3 Å². The number of aromatic nitrogens is 3. The predicted octanol–water partition coefficient (Wildman–Crippen LogP) is 2.06. The third-order valence-electron chi connectivity index (χ3n) is 4.93. The summed E-state index contributed by atoms with van der Waals surface area (Å²) in [5, 5.41) is 14.9. The smallest absolute Gasteiger partial charge is 0.303 e. The summed E-state index contributed by atoms with van der Waals surface area (Å²) >= 11 is 0. The van der Waals surface area contributed by atoms with Gasteiger partial charge in [0.05, 0.1) is 5.39 Å². The number of rotatable bonds is 9. The van der Waals surface area contributed by atoms with Crippen molar-refractivity contribution in [2.45, 2.75) is 38.6 Å². The number of aliphatic carboxylic acids is 1. The lowest BCUT2D eigenvalue weighted by molar-refractivity contribution is -0.137. The molecule has 0 aliphatic heterocycles. The van der Waals surface area contributed by atoms with E-state index < -0.39 is 5.97 Å². The quantitative estimate of drug-likeness (QED) is 0.365. The Morgan fingerprint density at radius 1 is 1.20 bits per heavy atom. The Kier molecular flexibility index (Phi) is 6.51. The van der Waals surface area contributed by atoms with Crippen LogP contribution in [0.5, 0.6) is 0 Å². The predicted molar refractivity (Wildman–Crippen MR) is 114 cm³/mol. The standard InChI is InChI=1S/C21H25N5O4/c1-12(3-10-16(27)28)24-19(29)14-7-4-13(5-8-14)6-9-15-11-23-18-17(15)20(30)26-21(22-2)25-18/h4-5,7-8,11-12H,3,6,9-10H2,1-2H3,(H,24,29)(H,27,28)(H3,22,23,25,26,30)/t12-/m1/s1. The van der Waals surface area contributed by atoms with Gasteiger partial charge in [-0.3, -0.25) is 19.4 Å². The molecule has 5 N–H and O–H groups in total. The number of aryl methyl sites for hydroxylation is 2. The van der Waals surface area contributed by atoms with E-state index in [0.717, 1.165) is 11.1 Å². The summed E-state index contributed by atoms with van der Waals surface area (Å²) in [6, 6.07) is 7.04. The van der Waals surface area contributed by atoms with E-state index in [4.69, 9.17) is 5.11 Å². The molecule has 1 aromatic carbocycles. The average Bonchev–Trinajstić information content (AvgIpc) is 3.14. The van der Waals surface area contributed by atoms with Crippen LogP contribution in [0.1, 0.15) is 41.3 Å². The van der Waals surface area contributed by atoms with E-state index in [1.807, 2.05) is 12.1 Å². The number of hydrogen-bond acceptors (Lipinski definition) is 5. The molecule has 9 heteroatoms. The number of carbonyl (C=O) groups excluding carboxylic acids is 1. The van der Waals surface area contributed by atoms with Gasteiger partial charge in [-0.25, -0.2) is 0 Å². The second kappa shape index (κ2) is 9.25. The molecule has 2 aromatic heterocycles. The Labute approximate surface area is 172 Å². The zero-order valence-corrected chi connectivity index (χ0v) is 16.9. The van der Waals surface area contributed by atoms with Crippen LogP contribution in [0, 0.1) is 0 Å². The number of benzene rings is 1. The number of anilines is 1. The van der Waals surface area contributed by atoms with Crippen LogP contribution in [-0.4, -0.2) is 45.0 Å². The number of amides is 1. The Morgan fingerprint density at radius 2 is 1.93 bits per heavy atom. The van der Waals surface area contributed by atoms with Gasteiger partial charge in [0.25, 0.3) is 11.5 Å². The Hall–Kier alpha value is -3.62. The van der Waals surface area contributed by atoms with Crippen LogP contribution < -0.4 is 16.2 Å². The van der Waals surface area contributed by atoms with E-state index in [-0.39, 0.29) is 23.9 Å². The van der Waals surface area contributed by atoms with Crippen LogP contribution in [0.3, 0.4) is 0 Å². The minimum Gasteiger partial charge on any atom is -0.481 e. The molecule has 0 bridgehead atoms. The first-order valence-corrected chi connectivity index (χ1v) is 9.77. The molecule has 0 fully saturated rings. The summed E-state index contributed by atoms with van der Waals surface area (Å²) in [4.78, 5) is 45.3. The lowest BCUT2D eigenvalue weighted by Crippen LogP contribution is -2.32. The van der Waals surface area contributed by atoms with Gasteiger partial charge in [0.2, 0.25) is 5.95 Å². The number of carboxylic acids is 1. The molecule has 3 rings (SSSR count). The number of carboxylic acid groups (broad SMARTS) is 1. The van der Waals surface area contributed by atoms with Crippen molar-refractivity contribution >= 4 is 28.9 Å². The summed E-state index contributed by atoms with van der Waals surface area (Å²) in [5.41, 5.74) is 2.80. The van der Waals surface area contributed by atoms with Gasteiger partial charge in [0.15, 0.2) is 0 Å². The molecule has 0 aliphatic carbocycles. The molecule has 1 amide bonds. The number of fused-ring (bicyclic) bond motifs is 1. The van der Waals surface area contributed by atoms with Crippen LogP contribution in [0.25, 0.3) is 11.0 Å². The van der Waals surface area contributed by atoms with Crippen LogP contribution in [0.2, 0.25) is 0 Å². The van der Waals surface area contributed by atoms with Crippen molar-refractivity contribution in [3.8, 4) is 0 Å². The van der Waals surface area contributed by atoms with Crippen molar-refractivity contribution in [3.63, 3.8) is 0 Å². The minimum atomic E-state index is -0.879. The molecule has 2 heterocycles. The van der Waals surface area contributed by atoms with Crippen molar-refractivity contribution in [3.05, 3.63) is 57.5 Å². The van der Waals surface area contributed by atoms with Gasteiger partial charge in [-0.2, -0.15) is 4.98 Å². The van der Waals surface area contributed by atoms with Crippen molar-refractivity contribution in [2.75, 3.05) is 12.4 Å². The van der Waals surface area contributed by atoms with Crippen molar-refractivity contribution in [2.24, 2.45) is 0 Å². The van der Waals surface area contributed by atoms with Gasteiger partial charge in [-0.05, 0) is 49.4 Å². The van der Waals surface area contributed by atoms with Gasteiger partial charge in [-0.1, -0.05) is 12.1 Å². The lowest BCUT2D eigenvalue weighted by Gasteiger charge is -2.13. The third-order valence-corrected chi connectivity index (χ3v) is 4.93. The molecular formula is C21H25N5O4. The highest BCUT2D eigenvalue weighted by Gasteiger charge is 2.13. The maximum atomic E-state index is 12.3. The maximum Gasteiger partial charge on any atom is 0.303 e. The summed E-state index contributed by atoms with van der Waals surface area (Å²) in [6.45, 7) is 1.78. The number of aromatic amines is 2. The zero-order chi connectivity index (χ0) is 21.7. The van der Waals surface area contributed by atoms with Gasteiger partial charge < -0.3 is 20.7 Å². The Bertz CT molecular complexity index is 1100. The lowest BCUT2D eigenvalue weighted by atomic mass is 10.0. The summed E-state index contributed by atoms with van der Waals surface area (Å²) < 4.78 is 0. The van der Waals surface area contributed by atoms with Crippen molar-refractivity contribution < 1.29 is 14.7 Å². The second-order valence-corrected chi connectivity index (χ2v) is 7.21. The van der Waals surface area contributed by atoms with Gasteiger partial charge >= 0.3 is 5.97 Å². The second-order valence-electron chi connectivity index (χ2n) is 7.21. The molecular weight excluding hydrogens is 386 g/mol. The van der Waals surface area contributed by atoms with Crippen LogP contribution in [-0.2, 0) is 17.6 Å². The van der Waals surface area contributed by atoms with E-state index in [0.29, 0.717) is 41.8 Å². The molecule has 3 aromatic rings. The summed E-state index contributed by atoms with van der Waals surface area (Å²) in [7, 11) is 1.69. The summed E-state index contributed by atoms with van der Waals surface area (Å²) in [6.07, 6.45) is 3.56. The van der Waals surface area contributed by atoms with Crippen molar-refractivity contribution in [1.29, 1.82) is 0 Å². The highest BCUT2D eigenvalue weighted by molar-refractivity contribution is 5.94. The normalized spacial score (nSPS) is 11.9. The molecule has 1 atom stereocenters. The molecule has 30 heavy (non-hydrogen) atoms. The zero-order valence-electron chi connectivity index (χ0n) is 16.9.